The van der Waals surface area contributed by atoms with Gasteiger partial charge in [0, 0.05) is 13.5 Å². The lowest BCUT2D eigenvalue weighted by Crippen LogP contribution is -2.52. The summed E-state index contributed by atoms with van der Waals surface area (Å²) in [6, 6.07) is 8.12. The number of hydrogen-bond donors (Lipinski definition) is 0. The summed E-state index contributed by atoms with van der Waals surface area (Å²) in [5.41, 5.74) is 1.23. The monoisotopic (exact) mass is 240 g/mol. The van der Waals surface area contributed by atoms with Crippen molar-refractivity contribution in [3.63, 3.8) is 0 Å². The van der Waals surface area contributed by atoms with Crippen molar-refractivity contribution < 1.29 is 9.47 Å². The number of aryl methyl sites for hydroxylation is 1. The van der Waals surface area contributed by atoms with E-state index < -0.39 is 0 Å². The van der Waals surface area contributed by atoms with Gasteiger partial charge in [0.2, 0.25) is 0 Å². The van der Waals surface area contributed by atoms with Gasteiger partial charge in [-0.3, -0.25) is 0 Å². The van der Waals surface area contributed by atoms with Gasteiger partial charge in [-0.25, -0.2) is 0 Å². The molecule has 0 radical (unpaired) electrons. The van der Waals surface area contributed by atoms with Gasteiger partial charge in [-0.1, -0.05) is 25.1 Å². The van der Waals surface area contributed by atoms with Gasteiger partial charge in [-0.2, -0.15) is 0 Å². The van der Waals surface area contributed by atoms with E-state index in [9.17, 15) is 0 Å². The Morgan fingerprint density at radius 1 is 1.38 bits per heavy atom. The van der Waals surface area contributed by atoms with Crippen molar-refractivity contribution in [2.24, 2.45) is 0 Å². The number of alkyl halides is 1. The van der Waals surface area contributed by atoms with Crippen LogP contribution >= 0.6 is 11.6 Å². The molecule has 0 aliphatic heterocycles. The highest BCUT2D eigenvalue weighted by molar-refractivity contribution is 6.21. The molecular weight excluding hydrogens is 224 g/mol. The summed E-state index contributed by atoms with van der Waals surface area (Å²) in [6.07, 6.45) is 1.95. The summed E-state index contributed by atoms with van der Waals surface area (Å²) in [7, 11) is 1.68. The number of halogens is 1. The molecule has 0 bridgehead atoms. The topological polar surface area (TPSA) is 18.5 Å². The predicted molar refractivity (Wildman–Crippen MR) is 65.3 cm³/mol. The lowest BCUT2D eigenvalue weighted by molar-refractivity contribution is -0.0586. The second-order valence-corrected chi connectivity index (χ2v) is 4.63. The zero-order valence-electron chi connectivity index (χ0n) is 9.65. The molecule has 0 spiro atoms. The maximum Gasteiger partial charge on any atom is 0.128 e. The number of rotatable bonds is 4. The van der Waals surface area contributed by atoms with Crippen LogP contribution in [0.25, 0.3) is 0 Å². The Kier molecular flexibility index (Phi) is 3.72. The third-order valence-electron chi connectivity index (χ3n) is 3.08. The molecule has 1 fully saturated rings. The van der Waals surface area contributed by atoms with E-state index in [2.05, 4.69) is 13.0 Å². The maximum atomic E-state index is 6.04. The molecule has 16 heavy (non-hydrogen) atoms. The van der Waals surface area contributed by atoms with Crippen LogP contribution in [0.5, 0.6) is 5.75 Å². The van der Waals surface area contributed by atoms with Gasteiger partial charge in [0.05, 0.1) is 5.38 Å². The second kappa shape index (κ2) is 5.07. The smallest absolute Gasteiger partial charge is 0.128 e. The van der Waals surface area contributed by atoms with Crippen LogP contribution < -0.4 is 4.74 Å². The van der Waals surface area contributed by atoms with E-state index in [-0.39, 0.29) is 17.6 Å². The van der Waals surface area contributed by atoms with Crippen LogP contribution in [0.4, 0.5) is 0 Å². The number of methoxy groups -OCH3 is 1. The lowest BCUT2D eigenvalue weighted by atomic mass is 9.91. The molecule has 3 atom stereocenters. The first-order valence-corrected chi connectivity index (χ1v) is 6.11. The number of benzene rings is 1. The molecule has 1 aromatic carbocycles. The molecule has 1 aliphatic rings. The molecule has 3 heteroatoms. The van der Waals surface area contributed by atoms with Crippen molar-refractivity contribution in [3.8, 4) is 5.75 Å². The minimum Gasteiger partial charge on any atom is -0.487 e. The Bertz CT molecular complexity index is 354. The quantitative estimate of drug-likeness (QED) is 0.754. The molecule has 88 valence electrons. The molecule has 0 aromatic heterocycles. The van der Waals surface area contributed by atoms with Crippen LogP contribution in [-0.2, 0) is 11.2 Å². The van der Waals surface area contributed by atoms with E-state index in [4.69, 9.17) is 21.1 Å². The highest BCUT2D eigenvalue weighted by Gasteiger charge is 2.42. The van der Waals surface area contributed by atoms with Crippen LogP contribution in [0, 0.1) is 0 Å². The average Bonchev–Trinajstić information content (AvgIpc) is 2.29. The first-order chi connectivity index (χ1) is 7.76. The zero-order valence-corrected chi connectivity index (χ0v) is 10.4. The fourth-order valence-corrected chi connectivity index (χ4v) is 2.46. The third-order valence-corrected chi connectivity index (χ3v) is 3.51. The molecule has 0 amide bonds. The normalized spacial score (nSPS) is 28.6. The Labute approximate surface area is 102 Å². The zero-order chi connectivity index (χ0) is 11.5. The van der Waals surface area contributed by atoms with Crippen molar-refractivity contribution in [1.29, 1.82) is 0 Å². The van der Waals surface area contributed by atoms with Gasteiger partial charge in [0.25, 0.3) is 0 Å². The van der Waals surface area contributed by atoms with Crippen molar-refractivity contribution in [1.82, 2.24) is 0 Å². The highest BCUT2D eigenvalue weighted by Crippen LogP contribution is 2.33. The van der Waals surface area contributed by atoms with E-state index in [1.807, 2.05) is 18.2 Å². The van der Waals surface area contributed by atoms with Gasteiger partial charge in [-0.15, -0.1) is 11.6 Å². The predicted octanol–water partition coefficient (Wildman–Crippen LogP) is 3.02. The van der Waals surface area contributed by atoms with E-state index >= 15 is 0 Å². The Morgan fingerprint density at radius 2 is 2.12 bits per heavy atom. The molecule has 0 N–H and O–H groups in total. The van der Waals surface area contributed by atoms with E-state index in [1.54, 1.807) is 7.11 Å². The van der Waals surface area contributed by atoms with Crippen molar-refractivity contribution >= 4 is 11.6 Å². The van der Waals surface area contributed by atoms with E-state index in [0.717, 1.165) is 18.6 Å². The van der Waals surface area contributed by atoms with Crippen LogP contribution in [0.15, 0.2) is 24.3 Å². The van der Waals surface area contributed by atoms with Gasteiger partial charge < -0.3 is 9.47 Å². The van der Waals surface area contributed by atoms with Crippen LogP contribution in [-0.4, -0.2) is 24.7 Å². The Hall–Kier alpha value is -0.730. The maximum absolute atomic E-state index is 6.04. The number of para-hydroxylation sites is 1. The molecule has 0 heterocycles. The summed E-state index contributed by atoms with van der Waals surface area (Å²) < 4.78 is 11.2. The third kappa shape index (κ3) is 2.18. The molecule has 1 saturated carbocycles. The largest absolute Gasteiger partial charge is 0.487 e. The summed E-state index contributed by atoms with van der Waals surface area (Å²) in [4.78, 5) is 0. The summed E-state index contributed by atoms with van der Waals surface area (Å²) in [5.74, 6) is 0.959. The van der Waals surface area contributed by atoms with Gasteiger partial charge >= 0.3 is 0 Å². The fourth-order valence-electron chi connectivity index (χ4n) is 2.02. The van der Waals surface area contributed by atoms with Crippen LogP contribution in [0.1, 0.15) is 18.9 Å². The number of ether oxygens (including phenoxy) is 2. The molecule has 2 rings (SSSR count). The van der Waals surface area contributed by atoms with E-state index in [0.29, 0.717) is 0 Å². The second-order valence-electron chi connectivity index (χ2n) is 4.07. The minimum absolute atomic E-state index is 0.0200. The highest BCUT2D eigenvalue weighted by atomic mass is 35.5. The molecular formula is C13H17ClO2. The fraction of sp³-hybridized carbons (Fsp3) is 0.538. The number of hydrogen-bond acceptors (Lipinski definition) is 2. The molecule has 2 nitrogen and oxygen atoms in total. The molecule has 0 saturated heterocycles. The molecule has 3 unspecified atom stereocenters. The summed E-state index contributed by atoms with van der Waals surface area (Å²) >= 11 is 6.04. The Morgan fingerprint density at radius 3 is 2.75 bits per heavy atom. The van der Waals surface area contributed by atoms with E-state index in [1.165, 1.54) is 5.56 Å². The van der Waals surface area contributed by atoms with Gasteiger partial charge in [-0.05, 0) is 18.1 Å². The summed E-state index contributed by atoms with van der Waals surface area (Å²) in [5, 5.41) is 0.0868. The standard InChI is InChI=1S/C13H17ClO2/c1-3-9-6-4-5-7-11(9)16-12-8-10(14)13(12)15-2/h4-7,10,12-13H,3,8H2,1-2H3. The van der Waals surface area contributed by atoms with Crippen molar-refractivity contribution in [2.75, 3.05) is 7.11 Å². The average molecular weight is 241 g/mol. The first kappa shape index (κ1) is 11.7. The van der Waals surface area contributed by atoms with Crippen molar-refractivity contribution in [3.05, 3.63) is 29.8 Å². The SMILES string of the molecule is CCc1ccccc1OC1CC(Cl)C1OC. The van der Waals surface area contributed by atoms with Crippen molar-refractivity contribution in [2.45, 2.75) is 37.4 Å². The van der Waals surface area contributed by atoms with Crippen LogP contribution in [0.2, 0.25) is 0 Å². The van der Waals surface area contributed by atoms with Gasteiger partial charge in [0.15, 0.2) is 0 Å². The lowest BCUT2D eigenvalue weighted by Gasteiger charge is -2.40. The molecule has 1 aliphatic carbocycles. The van der Waals surface area contributed by atoms with Gasteiger partial charge in [0.1, 0.15) is 18.0 Å². The van der Waals surface area contributed by atoms with Crippen LogP contribution in [0.3, 0.4) is 0 Å². The summed E-state index contributed by atoms with van der Waals surface area (Å²) in [6.45, 7) is 2.13. The molecule has 1 aromatic rings. The first-order valence-electron chi connectivity index (χ1n) is 5.67. The Balaban J connectivity index is 2.04. The minimum atomic E-state index is 0.0200.